The van der Waals surface area contributed by atoms with Gasteiger partial charge in [0.25, 0.3) is 5.91 Å². The summed E-state index contributed by atoms with van der Waals surface area (Å²) in [4.78, 5) is 34.5. The number of carboxylic acid groups (broad SMARTS) is 1. The average Bonchev–Trinajstić information content (AvgIpc) is 2.38. The Bertz CT molecular complexity index is 551. The maximum Gasteiger partial charge on any atom is 0.336 e. The summed E-state index contributed by atoms with van der Waals surface area (Å²) in [6.45, 7) is 4.85. The first-order valence-electron chi connectivity index (χ1n) is 6.15. The van der Waals surface area contributed by atoms with E-state index in [4.69, 9.17) is 0 Å². The number of carbonyl (C=O) groups is 3. The zero-order valence-corrected chi connectivity index (χ0v) is 11.6. The number of carboxylic acids is 1. The molecule has 20 heavy (non-hydrogen) atoms. The normalized spacial score (nSPS) is 9.95. The molecule has 0 aliphatic heterocycles. The molecule has 0 heterocycles. The van der Waals surface area contributed by atoms with Crippen LogP contribution in [-0.4, -0.2) is 36.1 Å². The van der Waals surface area contributed by atoms with Gasteiger partial charge in [0.15, 0.2) is 0 Å². The fourth-order valence-electron chi connectivity index (χ4n) is 1.83. The monoisotopic (exact) mass is 279 g/mol. The summed E-state index contributed by atoms with van der Waals surface area (Å²) in [5.41, 5.74) is 1.05. The summed E-state index contributed by atoms with van der Waals surface area (Å²) in [6, 6.07) is 3.31. The van der Waals surface area contributed by atoms with Crippen molar-refractivity contribution in [3.63, 3.8) is 0 Å². The minimum absolute atomic E-state index is 0.0497. The number of aromatic carboxylic acids is 1. The van der Waals surface area contributed by atoms with Crippen molar-refractivity contribution < 1.29 is 24.2 Å². The Labute approximate surface area is 116 Å². The predicted molar refractivity (Wildman–Crippen MR) is 71.8 cm³/mol. The van der Waals surface area contributed by atoms with Crippen molar-refractivity contribution in [2.75, 3.05) is 13.2 Å². The summed E-state index contributed by atoms with van der Waals surface area (Å²) >= 11 is 0. The number of rotatable bonds is 5. The van der Waals surface area contributed by atoms with Crippen LogP contribution in [0.15, 0.2) is 12.1 Å². The van der Waals surface area contributed by atoms with E-state index in [0.29, 0.717) is 11.1 Å². The van der Waals surface area contributed by atoms with Crippen molar-refractivity contribution in [2.45, 2.75) is 20.8 Å². The second-order valence-corrected chi connectivity index (χ2v) is 4.24. The molecule has 0 bridgehead atoms. The molecule has 6 heteroatoms. The molecular weight excluding hydrogens is 262 g/mol. The lowest BCUT2D eigenvalue weighted by Crippen LogP contribution is -2.32. The molecule has 0 aromatic heterocycles. The molecule has 108 valence electrons. The Kier molecular flexibility index (Phi) is 5.25. The zero-order valence-electron chi connectivity index (χ0n) is 11.6. The van der Waals surface area contributed by atoms with E-state index in [1.54, 1.807) is 32.9 Å². The molecule has 0 spiro atoms. The number of esters is 1. The van der Waals surface area contributed by atoms with Crippen LogP contribution in [0.5, 0.6) is 0 Å². The van der Waals surface area contributed by atoms with Gasteiger partial charge < -0.3 is 15.2 Å². The van der Waals surface area contributed by atoms with Gasteiger partial charge in [-0.2, -0.15) is 0 Å². The van der Waals surface area contributed by atoms with Gasteiger partial charge in [0.1, 0.15) is 6.54 Å². The molecule has 6 nitrogen and oxygen atoms in total. The first kappa shape index (κ1) is 15.7. The second-order valence-electron chi connectivity index (χ2n) is 4.24. The van der Waals surface area contributed by atoms with Gasteiger partial charge in [-0.1, -0.05) is 12.1 Å². The highest BCUT2D eigenvalue weighted by Gasteiger charge is 2.21. The molecule has 0 saturated carbocycles. The maximum atomic E-state index is 12.1. The number of ether oxygens (including phenoxy) is 1. The van der Waals surface area contributed by atoms with Crippen LogP contribution in [0.4, 0.5) is 0 Å². The van der Waals surface area contributed by atoms with Gasteiger partial charge in [0.05, 0.1) is 17.7 Å². The van der Waals surface area contributed by atoms with E-state index >= 15 is 0 Å². The first-order chi connectivity index (χ1) is 9.38. The van der Waals surface area contributed by atoms with Gasteiger partial charge in [0.2, 0.25) is 0 Å². The van der Waals surface area contributed by atoms with E-state index in [0.717, 1.165) is 0 Å². The fourth-order valence-corrected chi connectivity index (χ4v) is 1.83. The number of benzene rings is 1. The van der Waals surface area contributed by atoms with E-state index in [1.165, 1.54) is 0 Å². The third kappa shape index (κ3) is 3.57. The lowest BCUT2D eigenvalue weighted by atomic mass is 9.96. The minimum Gasteiger partial charge on any atom is -0.478 e. The summed E-state index contributed by atoms with van der Waals surface area (Å²) in [7, 11) is 0. The lowest BCUT2D eigenvalue weighted by Gasteiger charge is -2.12. The lowest BCUT2D eigenvalue weighted by molar-refractivity contribution is -0.141. The molecule has 0 radical (unpaired) electrons. The van der Waals surface area contributed by atoms with E-state index in [2.05, 4.69) is 10.1 Å². The molecule has 1 amide bonds. The fraction of sp³-hybridized carbons (Fsp3) is 0.357. The second kappa shape index (κ2) is 6.70. The molecular formula is C14H17NO5. The highest BCUT2D eigenvalue weighted by atomic mass is 16.5. The summed E-state index contributed by atoms with van der Waals surface area (Å²) in [5, 5.41) is 11.6. The molecule has 1 rings (SSSR count). The Balaban J connectivity index is 3.01. The predicted octanol–water partition coefficient (Wildman–Crippen LogP) is 1.29. The molecule has 0 saturated heterocycles. The first-order valence-corrected chi connectivity index (χ1v) is 6.15. The summed E-state index contributed by atoms with van der Waals surface area (Å²) in [5.74, 6) is -2.34. The van der Waals surface area contributed by atoms with Gasteiger partial charge in [-0.05, 0) is 31.9 Å². The topological polar surface area (TPSA) is 92.7 Å². The molecule has 0 aliphatic carbocycles. The minimum atomic E-state index is -1.17. The number of aryl methyl sites for hydroxylation is 2. The highest BCUT2D eigenvalue weighted by molar-refractivity contribution is 6.07. The summed E-state index contributed by atoms with van der Waals surface area (Å²) in [6.07, 6.45) is 0. The van der Waals surface area contributed by atoms with Crippen LogP contribution in [-0.2, 0) is 9.53 Å². The molecule has 0 unspecified atom stereocenters. The smallest absolute Gasteiger partial charge is 0.336 e. The van der Waals surface area contributed by atoms with Crippen molar-refractivity contribution in [2.24, 2.45) is 0 Å². The van der Waals surface area contributed by atoms with Crippen LogP contribution >= 0.6 is 0 Å². The molecule has 0 fully saturated rings. The zero-order chi connectivity index (χ0) is 15.3. The number of hydrogen-bond donors (Lipinski definition) is 2. The van der Waals surface area contributed by atoms with Crippen LogP contribution in [0, 0.1) is 13.8 Å². The number of amides is 1. The largest absolute Gasteiger partial charge is 0.478 e. The summed E-state index contributed by atoms with van der Waals surface area (Å²) < 4.78 is 4.69. The van der Waals surface area contributed by atoms with Crippen LogP contribution in [0.25, 0.3) is 0 Å². The average molecular weight is 279 g/mol. The van der Waals surface area contributed by atoms with Crippen LogP contribution in [0.2, 0.25) is 0 Å². The van der Waals surface area contributed by atoms with E-state index in [1.807, 2.05) is 0 Å². The van der Waals surface area contributed by atoms with Crippen LogP contribution in [0.3, 0.4) is 0 Å². The van der Waals surface area contributed by atoms with Gasteiger partial charge in [-0.15, -0.1) is 0 Å². The van der Waals surface area contributed by atoms with Crippen LogP contribution < -0.4 is 5.32 Å². The Hall–Kier alpha value is -2.37. The van der Waals surface area contributed by atoms with Gasteiger partial charge >= 0.3 is 11.9 Å². The van der Waals surface area contributed by atoms with Crippen molar-refractivity contribution in [1.82, 2.24) is 5.32 Å². The number of hydrogen-bond acceptors (Lipinski definition) is 4. The van der Waals surface area contributed by atoms with Crippen LogP contribution in [0.1, 0.15) is 38.8 Å². The molecule has 0 aliphatic rings. The number of nitrogens with one attached hydrogen (secondary N) is 1. The van der Waals surface area contributed by atoms with Crippen molar-refractivity contribution in [3.8, 4) is 0 Å². The molecule has 2 N–H and O–H groups in total. The number of carbonyl (C=O) groups excluding carboxylic acids is 2. The quantitative estimate of drug-likeness (QED) is 0.792. The highest BCUT2D eigenvalue weighted by Crippen LogP contribution is 2.18. The van der Waals surface area contributed by atoms with E-state index in [-0.39, 0.29) is 24.3 Å². The Morgan fingerprint density at radius 3 is 2.20 bits per heavy atom. The van der Waals surface area contributed by atoms with Crippen molar-refractivity contribution >= 4 is 17.8 Å². The van der Waals surface area contributed by atoms with Gasteiger partial charge in [-0.25, -0.2) is 4.79 Å². The maximum absolute atomic E-state index is 12.1. The molecule has 1 aromatic rings. The molecule has 1 aromatic carbocycles. The van der Waals surface area contributed by atoms with Crippen molar-refractivity contribution in [3.05, 3.63) is 34.4 Å². The SMILES string of the molecule is CCOC(=O)CNC(=O)c1c(C)ccc(C)c1C(=O)O. The van der Waals surface area contributed by atoms with Crippen molar-refractivity contribution in [1.29, 1.82) is 0 Å². The Morgan fingerprint density at radius 2 is 1.70 bits per heavy atom. The van der Waals surface area contributed by atoms with E-state index < -0.39 is 17.8 Å². The third-order valence-electron chi connectivity index (χ3n) is 2.76. The standard InChI is InChI=1S/C14H17NO5/c1-4-20-10(16)7-15-13(17)11-8(2)5-6-9(3)12(11)14(18)19/h5-6H,4,7H2,1-3H3,(H,15,17)(H,18,19). The van der Waals surface area contributed by atoms with Gasteiger partial charge in [-0.3, -0.25) is 9.59 Å². The third-order valence-corrected chi connectivity index (χ3v) is 2.76. The molecule has 0 atom stereocenters. The van der Waals surface area contributed by atoms with E-state index in [9.17, 15) is 19.5 Å². The Morgan fingerprint density at radius 1 is 1.15 bits per heavy atom. The van der Waals surface area contributed by atoms with Gasteiger partial charge in [0, 0.05) is 0 Å².